The van der Waals surface area contributed by atoms with E-state index in [9.17, 15) is 19.8 Å². The Balaban J connectivity index is 1.76. The minimum atomic E-state index is -0.618. The van der Waals surface area contributed by atoms with Crippen LogP contribution in [-0.2, 0) is 0 Å². The highest BCUT2D eigenvalue weighted by Gasteiger charge is 2.18. The average molecular weight is 479 g/mol. The van der Waals surface area contributed by atoms with Crippen molar-refractivity contribution >= 4 is 23.2 Å². The third kappa shape index (κ3) is 5.63. The van der Waals surface area contributed by atoms with Gasteiger partial charge >= 0.3 is 0 Å². The first kappa shape index (κ1) is 23.9. The number of nitrogens with one attached hydrogen (secondary N) is 2. The Kier molecular flexibility index (Phi) is 7.47. The predicted octanol–water partition coefficient (Wildman–Crippen LogP) is 4.07. The molecule has 8 heteroatoms. The molecule has 0 atom stereocenters. The van der Waals surface area contributed by atoms with E-state index < -0.39 is 11.8 Å². The molecule has 4 aromatic rings. The number of rotatable bonds is 7. The van der Waals surface area contributed by atoms with Crippen molar-refractivity contribution in [2.75, 3.05) is 0 Å². The van der Waals surface area contributed by atoms with Crippen LogP contribution in [0.1, 0.15) is 31.8 Å². The lowest BCUT2D eigenvalue weighted by Crippen LogP contribution is -2.28. The van der Waals surface area contributed by atoms with E-state index in [4.69, 9.17) is 0 Å². The van der Waals surface area contributed by atoms with Gasteiger partial charge in [0.1, 0.15) is 22.9 Å². The summed E-state index contributed by atoms with van der Waals surface area (Å²) in [6.45, 7) is 0. The fourth-order valence-electron chi connectivity index (χ4n) is 3.37. The zero-order valence-electron chi connectivity index (χ0n) is 19.0. The third-order valence-corrected chi connectivity index (χ3v) is 5.15. The lowest BCUT2D eigenvalue weighted by atomic mass is 10.00. The van der Waals surface area contributed by atoms with E-state index in [2.05, 4.69) is 21.1 Å². The molecule has 0 heterocycles. The molecule has 0 unspecified atom stereocenters. The summed E-state index contributed by atoms with van der Waals surface area (Å²) in [4.78, 5) is 25.5. The molecule has 0 saturated heterocycles. The van der Waals surface area contributed by atoms with E-state index >= 15 is 0 Å². The van der Waals surface area contributed by atoms with Gasteiger partial charge in [-0.15, -0.1) is 0 Å². The third-order valence-electron chi connectivity index (χ3n) is 5.15. The van der Waals surface area contributed by atoms with Crippen molar-refractivity contribution in [2.24, 2.45) is 10.2 Å². The summed E-state index contributed by atoms with van der Waals surface area (Å²) in [6.07, 6.45) is 0. The standard InChI is InChI=1S/C28H22N4O4/c33-23-17-9-7-15-21(23)27(35)31-29-25(19-11-3-1-4-12-19)26(20-13-5-2-6-14-20)30-32-28(36)22-16-8-10-18-24(22)34/h1-18,33-34H,(H,31,35)(H,32,36)/b29-25+,30-26+. The molecule has 178 valence electrons. The van der Waals surface area contributed by atoms with Gasteiger partial charge in [-0.3, -0.25) is 9.59 Å². The van der Waals surface area contributed by atoms with Crippen LogP contribution < -0.4 is 10.9 Å². The van der Waals surface area contributed by atoms with E-state index in [1.807, 2.05) is 12.1 Å². The summed E-state index contributed by atoms with van der Waals surface area (Å²) in [5, 5.41) is 28.7. The van der Waals surface area contributed by atoms with Crippen molar-refractivity contribution in [2.45, 2.75) is 0 Å². The smallest absolute Gasteiger partial charge is 0.275 e. The number of aromatic hydroxyl groups is 2. The second-order valence-corrected chi connectivity index (χ2v) is 7.57. The van der Waals surface area contributed by atoms with Crippen molar-refractivity contribution in [1.82, 2.24) is 10.9 Å². The monoisotopic (exact) mass is 478 g/mol. The van der Waals surface area contributed by atoms with Gasteiger partial charge in [-0.05, 0) is 24.3 Å². The normalized spacial score (nSPS) is 11.6. The molecule has 0 aliphatic heterocycles. The first-order valence-electron chi connectivity index (χ1n) is 11.0. The molecule has 2 amide bonds. The highest BCUT2D eigenvalue weighted by molar-refractivity contribution is 6.53. The predicted molar refractivity (Wildman–Crippen MR) is 137 cm³/mol. The number of carbonyl (C=O) groups excluding carboxylic acids is 2. The van der Waals surface area contributed by atoms with Crippen molar-refractivity contribution in [3.63, 3.8) is 0 Å². The maximum atomic E-state index is 12.7. The molecular weight excluding hydrogens is 456 g/mol. The molecule has 0 saturated carbocycles. The Hall–Kier alpha value is -5.24. The molecule has 0 aliphatic rings. The molecule has 0 fully saturated rings. The van der Waals surface area contributed by atoms with E-state index in [1.165, 1.54) is 24.3 Å². The largest absolute Gasteiger partial charge is 0.507 e. The molecule has 36 heavy (non-hydrogen) atoms. The summed E-state index contributed by atoms with van der Waals surface area (Å²) < 4.78 is 0. The van der Waals surface area contributed by atoms with Crippen molar-refractivity contribution in [3.05, 3.63) is 131 Å². The Morgan fingerprint density at radius 3 is 1.19 bits per heavy atom. The Morgan fingerprint density at radius 2 is 0.833 bits per heavy atom. The summed E-state index contributed by atoms with van der Waals surface area (Å²) in [5.74, 6) is -1.60. The number of benzene rings is 4. The molecule has 4 rings (SSSR count). The Labute approximate surface area is 207 Å². The number of hydrogen-bond donors (Lipinski definition) is 4. The molecule has 4 aromatic carbocycles. The summed E-state index contributed by atoms with van der Waals surface area (Å²) in [7, 11) is 0. The van der Waals surface area contributed by atoms with Crippen LogP contribution in [0, 0.1) is 0 Å². The number of hydrazone groups is 2. The minimum absolute atomic E-state index is 0.0553. The van der Waals surface area contributed by atoms with Crippen LogP contribution in [0.3, 0.4) is 0 Å². The van der Waals surface area contributed by atoms with Gasteiger partial charge in [-0.1, -0.05) is 84.9 Å². The fourth-order valence-corrected chi connectivity index (χ4v) is 3.37. The van der Waals surface area contributed by atoms with Crippen LogP contribution in [-0.4, -0.2) is 33.5 Å². The van der Waals surface area contributed by atoms with Gasteiger partial charge in [0.15, 0.2) is 0 Å². The number of phenolic OH excluding ortho intramolecular Hbond substituents is 2. The summed E-state index contributed by atoms with van der Waals surface area (Å²) in [6, 6.07) is 30.3. The van der Waals surface area contributed by atoms with Gasteiger partial charge in [0.25, 0.3) is 11.8 Å². The van der Waals surface area contributed by atoms with E-state index in [1.54, 1.807) is 72.8 Å². The molecule has 4 N–H and O–H groups in total. The number of para-hydroxylation sites is 2. The number of phenols is 2. The van der Waals surface area contributed by atoms with Crippen molar-refractivity contribution in [1.29, 1.82) is 0 Å². The van der Waals surface area contributed by atoms with Crippen LogP contribution in [0.5, 0.6) is 11.5 Å². The first-order chi connectivity index (χ1) is 17.5. The van der Waals surface area contributed by atoms with Gasteiger partial charge in [0, 0.05) is 11.1 Å². The average Bonchev–Trinajstić information content (AvgIpc) is 2.91. The van der Waals surface area contributed by atoms with E-state index in [0.29, 0.717) is 11.1 Å². The fraction of sp³-hybridized carbons (Fsp3) is 0. The van der Waals surface area contributed by atoms with E-state index in [0.717, 1.165) is 0 Å². The van der Waals surface area contributed by atoms with Crippen molar-refractivity contribution < 1.29 is 19.8 Å². The van der Waals surface area contributed by atoms with Gasteiger partial charge in [-0.25, -0.2) is 10.9 Å². The first-order valence-corrected chi connectivity index (χ1v) is 11.0. The molecule has 0 spiro atoms. The van der Waals surface area contributed by atoms with Gasteiger partial charge in [-0.2, -0.15) is 10.2 Å². The Bertz CT molecular complexity index is 1320. The number of carbonyl (C=O) groups is 2. The SMILES string of the molecule is O=C(N/N=C(/C(=N/NC(=O)c1ccccc1O)c1ccccc1)c1ccccc1)c1ccccc1O. The van der Waals surface area contributed by atoms with Crippen molar-refractivity contribution in [3.8, 4) is 11.5 Å². The molecule has 0 bridgehead atoms. The highest BCUT2D eigenvalue weighted by atomic mass is 16.3. The molecule has 0 radical (unpaired) electrons. The number of nitrogens with zero attached hydrogens (tertiary/aromatic N) is 2. The zero-order chi connectivity index (χ0) is 25.3. The van der Waals surface area contributed by atoms with Crippen LogP contribution in [0.4, 0.5) is 0 Å². The van der Waals surface area contributed by atoms with Gasteiger partial charge in [0.05, 0.1) is 11.1 Å². The Morgan fingerprint density at radius 1 is 0.500 bits per heavy atom. The summed E-state index contributed by atoms with van der Waals surface area (Å²) in [5.41, 5.74) is 6.83. The molecule has 0 aromatic heterocycles. The molecule has 8 nitrogen and oxygen atoms in total. The summed E-state index contributed by atoms with van der Waals surface area (Å²) >= 11 is 0. The van der Waals surface area contributed by atoms with E-state index in [-0.39, 0.29) is 34.0 Å². The molecular formula is C28H22N4O4. The number of hydrogen-bond acceptors (Lipinski definition) is 6. The topological polar surface area (TPSA) is 123 Å². The van der Waals surface area contributed by atoms with Gasteiger partial charge < -0.3 is 10.2 Å². The minimum Gasteiger partial charge on any atom is -0.507 e. The lowest BCUT2D eigenvalue weighted by Gasteiger charge is -2.12. The maximum absolute atomic E-state index is 12.7. The highest BCUT2D eigenvalue weighted by Crippen LogP contribution is 2.17. The quantitative estimate of drug-likeness (QED) is 0.236. The second-order valence-electron chi connectivity index (χ2n) is 7.57. The van der Waals surface area contributed by atoms with Crippen LogP contribution in [0.15, 0.2) is 119 Å². The van der Waals surface area contributed by atoms with Crippen LogP contribution in [0.25, 0.3) is 0 Å². The maximum Gasteiger partial charge on any atom is 0.275 e. The molecule has 0 aliphatic carbocycles. The lowest BCUT2D eigenvalue weighted by molar-refractivity contribution is 0.0943. The van der Waals surface area contributed by atoms with Crippen LogP contribution in [0.2, 0.25) is 0 Å². The zero-order valence-corrected chi connectivity index (χ0v) is 19.0. The van der Waals surface area contributed by atoms with Crippen LogP contribution >= 0.6 is 0 Å². The number of amides is 2. The second kappa shape index (κ2) is 11.3. The van der Waals surface area contributed by atoms with Gasteiger partial charge in [0.2, 0.25) is 0 Å².